The molecule has 31 heavy (non-hydrogen) atoms. The smallest absolute Gasteiger partial charge is 0.235 e. The fourth-order valence-corrected chi connectivity index (χ4v) is 4.75. The minimum Gasteiger partial charge on any atom is -0.497 e. The van der Waals surface area contributed by atoms with E-state index in [-0.39, 0.29) is 11.8 Å². The van der Waals surface area contributed by atoms with Crippen LogP contribution in [0.1, 0.15) is 34.7 Å². The Balaban J connectivity index is 1.33. The maximum atomic E-state index is 12.9. The summed E-state index contributed by atoms with van der Waals surface area (Å²) in [6.07, 6.45) is 8.36. The van der Waals surface area contributed by atoms with E-state index in [9.17, 15) is 4.79 Å². The molecule has 0 bridgehead atoms. The molecule has 152 valence electrons. The van der Waals surface area contributed by atoms with Crippen LogP contribution < -0.4 is 10.1 Å². The van der Waals surface area contributed by atoms with Crippen LogP contribution in [-0.4, -0.2) is 28.2 Å². The van der Waals surface area contributed by atoms with Gasteiger partial charge in [-0.2, -0.15) is 5.10 Å². The Morgan fingerprint density at radius 2 is 1.97 bits per heavy atom. The third kappa shape index (κ3) is 2.68. The van der Waals surface area contributed by atoms with Crippen LogP contribution in [0.2, 0.25) is 0 Å². The number of nitrogens with zero attached hydrogens (tertiary/aromatic N) is 2. The molecular weight excluding hydrogens is 388 g/mol. The first-order valence-electron chi connectivity index (χ1n) is 10.3. The number of carbonyl (C=O) groups excluding carboxylic acids is 1. The molecule has 1 amide bonds. The summed E-state index contributed by atoms with van der Waals surface area (Å²) >= 11 is 0. The molecule has 6 rings (SSSR count). The van der Waals surface area contributed by atoms with E-state index in [0.717, 1.165) is 51.1 Å². The van der Waals surface area contributed by atoms with Gasteiger partial charge >= 0.3 is 0 Å². The van der Waals surface area contributed by atoms with Crippen LogP contribution in [0.4, 0.5) is 5.69 Å². The number of nitrogens with one attached hydrogen (secondary N) is 2. The van der Waals surface area contributed by atoms with Crippen LogP contribution in [-0.2, 0) is 10.2 Å². The molecule has 6 nitrogen and oxygen atoms in total. The number of amides is 1. The summed E-state index contributed by atoms with van der Waals surface area (Å²) in [7, 11) is 1.65. The van der Waals surface area contributed by atoms with Crippen LogP contribution >= 0.6 is 0 Å². The highest BCUT2D eigenvalue weighted by Crippen LogP contribution is 2.65. The quantitative estimate of drug-likeness (QED) is 0.521. The monoisotopic (exact) mass is 408 g/mol. The molecule has 0 saturated heterocycles. The Morgan fingerprint density at radius 3 is 2.81 bits per heavy atom. The molecule has 1 fully saturated rings. The summed E-state index contributed by atoms with van der Waals surface area (Å²) < 4.78 is 5.39. The second-order valence-corrected chi connectivity index (χ2v) is 8.12. The maximum Gasteiger partial charge on any atom is 0.235 e. The zero-order chi connectivity index (χ0) is 21.0. The molecule has 2 aromatic carbocycles. The maximum absolute atomic E-state index is 12.9. The number of methoxy groups -OCH3 is 1. The Morgan fingerprint density at radius 1 is 1.10 bits per heavy atom. The van der Waals surface area contributed by atoms with E-state index in [1.807, 2.05) is 42.5 Å². The van der Waals surface area contributed by atoms with Gasteiger partial charge < -0.3 is 10.1 Å². The molecule has 2 aromatic heterocycles. The highest BCUT2D eigenvalue weighted by molar-refractivity contribution is 6.10. The van der Waals surface area contributed by atoms with Crippen molar-refractivity contribution in [2.24, 2.45) is 0 Å². The van der Waals surface area contributed by atoms with Crippen LogP contribution in [0, 0.1) is 0 Å². The fourth-order valence-electron chi connectivity index (χ4n) is 4.75. The van der Waals surface area contributed by atoms with Gasteiger partial charge in [0.05, 0.1) is 23.7 Å². The Labute approximate surface area is 179 Å². The van der Waals surface area contributed by atoms with Crippen molar-refractivity contribution in [1.82, 2.24) is 15.2 Å². The number of anilines is 1. The topological polar surface area (TPSA) is 79.9 Å². The molecule has 2 atom stereocenters. The third-order valence-corrected chi connectivity index (χ3v) is 6.48. The second kappa shape index (κ2) is 6.54. The average molecular weight is 408 g/mol. The molecule has 0 unspecified atom stereocenters. The number of aromatic amines is 1. The van der Waals surface area contributed by atoms with Gasteiger partial charge in [0.25, 0.3) is 0 Å². The van der Waals surface area contributed by atoms with Gasteiger partial charge in [-0.1, -0.05) is 18.2 Å². The number of rotatable bonds is 4. The molecule has 2 aliphatic rings. The first-order chi connectivity index (χ1) is 15.2. The molecule has 1 saturated carbocycles. The van der Waals surface area contributed by atoms with Gasteiger partial charge in [-0.25, -0.2) is 0 Å². The highest BCUT2D eigenvalue weighted by Gasteiger charge is 2.65. The zero-order valence-electron chi connectivity index (χ0n) is 16.9. The molecule has 2 N–H and O–H groups in total. The molecule has 6 heteroatoms. The van der Waals surface area contributed by atoms with E-state index in [1.54, 1.807) is 19.5 Å². The van der Waals surface area contributed by atoms with Crippen molar-refractivity contribution < 1.29 is 9.53 Å². The van der Waals surface area contributed by atoms with Gasteiger partial charge in [0, 0.05) is 29.4 Å². The van der Waals surface area contributed by atoms with Gasteiger partial charge in [-0.15, -0.1) is 0 Å². The molecule has 3 heterocycles. The summed E-state index contributed by atoms with van der Waals surface area (Å²) in [5, 5.41) is 11.7. The number of benzene rings is 2. The number of pyridine rings is 1. The third-order valence-electron chi connectivity index (χ3n) is 6.48. The summed E-state index contributed by atoms with van der Waals surface area (Å²) in [5.41, 5.74) is 5.50. The van der Waals surface area contributed by atoms with Gasteiger partial charge in [0.15, 0.2) is 0 Å². The molecule has 1 aliphatic heterocycles. The number of fused-ring (bicyclic) bond motifs is 3. The second-order valence-electron chi connectivity index (χ2n) is 8.12. The number of hydrogen-bond acceptors (Lipinski definition) is 4. The van der Waals surface area contributed by atoms with Gasteiger partial charge in [0.1, 0.15) is 5.75 Å². The van der Waals surface area contributed by atoms with Gasteiger partial charge in [-0.05, 0) is 65.6 Å². The van der Waals surface area contributed by atoms with Crippen molar-refractivity contribution in [2.45, 2.75) is 17.8 Å². The van der Waals surface area contributed by atoms with E-state index in [4.69, 9.17) is 4.74 Å². The minimum atomic E-state index is -0.498. The standard InChI is InChI=1S/C25H20N4O2/c1-31-17-4-7-22-19(13-17)25(24(30)27-22)14-20(25)16-3-5-18-21(28-29-23(18)12-16)6-2-15-8-10-26-11-9-15/h2-13,20H,14H2,1H3,(H,27,30)(H,28,29)/t20-,25-/m0/s1. The molecule has 1 spiro atoms. The predicted molar refractivity (Wildman–Crippen MR) is 120 cm³/mol. The molecular formula is C25H20N4O2. The number of ether oxygens (including phenoxy) is 1. The SMILES string of the molecule is COc1ccc2c(c1)[C@]1(C[C@H]1c1ccc3c(C=Cc4ccncc4)n[nH]c3c1)C(=O)N2. The first-order valence-corrected chi connectivity index (χ1v) is 10.3. The highest BCUT2D eigenvalue weighted by atomic mass is 16.5. The zero-order valence-corrected chi connectivity index (χ0v) is 16.9. The molecule has 0 radical (unpaired) electrons. The summed E-state index contributed by atoms with van der Waals surface area (Å²) in [5.74, 6) is 0.991. The number of hydrogen-bond donors (Lipinski definition) is 2. The van der Waals surface area contributed by atoms with E-state index in [0.29, 0.717) is 0 Å². The number of carbonyl (C=O) groups is 1. The lowest BCUT2D eigenvalue weighted by molar-refractivity contribution is -0.118. The Hall–Kier alpha value is -3.93. The van der Waals surface area contributed by atoms with Crippen molar-refractivity contribution in [1.29, 1.82) is 0 Å². The predicted octanol–water partition coefficient (Wildman–Crippen LogP) is 4.51. The van der Waals surface area contributed by atoms with Crippen LogP contribution in [0.3, 0.4) is 0 Å². The average Bonchev–Trinajstić information content (AvgIpc) is 3.35. The van der Waals surface area contributed by atoms with E-state index in [1.165, 1.54) is 0 Å². The van der Waals surface area contributed by atoms with Crippen LogP contribution in [0.15, 0.2) is 60.9 Å². The normalized spacial score (nSPS) is 21.6. The number of H-pyrrole nitrogens is 1. The lowest BCUT2D eigenvalue weighted by Gasteiger charge is -2.10. The number of aromatic nitrogens is 3. The Kier molecular flexibility index (Phi) is 3.77. The summed E-state index contributed by atoms with van der Waals surface area (Å²) in [6, 6.07) is 16.0. The van der Waals surface area contributed by atoms with Crippen molar-refractivity contribution >= 4 is 34.6 Å². The lowest BCUT2D eigenvalue weighted by atomic mass is 9.91. The largest absolute Gasteiger partial charge is 0.497 e. The van der Waals surface area contributed by atoms with E-state index >= 15 is 0 Å². The summed E-state index contributed by atoms with van der Waals surface area (Å²) in [4.78, 5) is 16.9. The summed E-state index contributed by atoms with van der Waals surface area (Å²) in [6.45, 7) is 0. The van der Waals surface area contributed by atoms with Crippen molar-refractivity contribution in [3.05, 3.63) is 83.3 Å². The van der Waals surface area contributed by atoms with Crippen LogP contribution in [0.25, 0.3) is 23.1 Å². The van der Waals surface area contributed by atoms with Gasteiger partial charge in [0.2, 0.25) is 5.91 Å². The van der Waals surface area contributed by atoms with Crippen molar-refractivity contribution in [3.8, 4) is 5.75 Å². The van der Waals surface area contributed by atoms with Crippen molar-refractivity contribution in [3.63, 3.8) is 0 Å². The Bertz CT molecular complexity index is 1360. The van der Waals surface area contributed by atoms with E-state index < -0.39 is 5.41 Å². The molecule has 1 aliphatic carbocycles. The lowest BCUT2D eigenvalue weighted by Crippen LogP contribution is -2.21. The van der Waals surface area contributed by atoms with E-state index in [2.05, 4.69) is 38.7 Å². The minimum absolute atomic E-state index is 0.0754. The first kappa shape index (κ1) is 17.9. The van der Waals surface area contributed by atoms with Crippen LogP contribution in [0.5, 0.6) is 5.75 Å². The molecule has 4 aromatic rings. The van der Waals surface area contributed by atoms with Crippen molar-refractivity contribution in [2.75, 3.05) is 12.4 Å². The van der Waals surface area contributed by atoms with Gasteiger partial charge in [-0.3, -0.25) is 14.9 Å². The fraction of sp³-hybridized carbons (Fsp3) is 0.160.